The number of ether oxygens (including phenoxy) is 2. The Hall–Kier alpha value is -1.19. The van der Waals surface area contributed by atoms with Gasteiger partial charge in [-0.05, 0) is 36.0 Å². The largest absolute Gasteiger partial charge is 0.376 e. The highest BCUT2D eigenvalue weighted by atomic mass is 16.6. The monoisotopic (exact) mass is 276 g/mol. The molecule has 0 N–H and O–H groups in total. The molecule has 110 valence electrons. The van der Waals surface area contributed by atoms with Crippen LogP contribution in [-0.4, -0.2) is 31.7 Å². The Kier molecular flexibility index (Phi) is 5.32. The summed E-state index contributed by atoms with van der Waals surface area (Å²) in [6.45, 7) is 7.81. The summed E-state index contributed by atoms with van der Waals surface area (Å²) in [4.78, 5) is 12.8. The van der Waals surface area contributed by atoms with Crippen molar-refractivity contribution in [1.82, 2.24) is 0 Å². The topological polar surface area (TPSA) is 35.5 Å². The Labute approximate surface area is 121 Å². The minimum Gasteiger partial charge on any atom is -0.376 e. The molecule has 1 aliphatic rings. The van der Waals surface area contributed by atoms with E-state index in [0.717, 1.165) is 36.0 Å². The van der Waals surface area contributed by atoms with E-state index in [9.17, 15) is 4.79 Å². The van der Waals surface area contributed by atoms with Crippen LogP contribution >= 0.6 is 0 Å². The van der Waals surface area contributed by atoms with Crippen molar-refractivity contribution in [3.05, 3.63) is 34.4 Å². The van der Waals surface area contributed by atoms with Crippen LogP contribution in [0, 0.1) is 0 Å². The van der Waals surface area contributed by atoms with Gasteiger partial charge in [0.05, 0.1) is 19.8 Å². The van der Waals surface area contributed by atoms with Gasteiger partial charge in [-0.2, -0.15) is 0 Å². The Bertz CT molecular complexity index is 448. The number of Topliss-reactive ketones (excluding diaryl/α,β-unsaturated/α-hetero) is 1. The van der Waals surface area contributed by atoms with E-state index in [-0.39, 0.29) is 5.78 Å². The molecule has 0 aliphatic carbocycles. The highest BCUT2D eigenvalue weighted by molar-refractivity contribution is 6.02. The van der Waals surface area contributed by atoms with Gasteiger partial charge in [-0.1, -0.05) is 32.9 Å². The van der Waals surface area contributed by atoms with E-state index < -0.39 is 6.10 Å². The molecule has 1 heterocycles. The fourth-order valence-corrected chi connectivity index (χ4v) is 2.72. The minimum atomic E-state index is -0.438. The molecule has 0 saturated carbocycles. The summed E-state index contributed by atoms with van der Waals surface area (Å²) in [6.07, 6.45) is 2.30. The number of carbonyl (C=O) groups is 1. The van der Waals surface area contributed by atoms with Gasteiger partial charge >= 0.3 is 0 Å². The first-order chi connectivity index (χ1) is 9.71. The van der Waals surface area contributed by atoms with Gasteiger partial charge in [0.15, 0.2) is 5.78 Å². The molecule has 3 heteroatoms. The second-order valence-electron chi connectivity index (χ2n) is 5.15. The number of hydrogen-bond acceptors (Lipinski definition) is 3. The van der Waals surface area contributed by atoms with Crippen LogP contribution in [-0.2, 0) is 28.7 Å². The predicted octanol–water partition coefficient (Wildman–Crippen LogP) is 2.97. The molecule has 0 radical (unpaired) electrons. The lowest BCUT2D eigenvalue weighted by Crippen LogP contribution is -2.36. The van der Waals surface area contributed by atoms with Crippen molar-refractivity contribution in [1.29, 1.82) is 0 Å². The van der Waals surface area contributed by atoms with Gasteiger partial charge in [0.25, 0.3) is 0 Å². The van der Waals surface area contributed by atoms with Gasteiger partial charge in [0.1, 0.15) is 6.10 Å². The molecule has 20 heavy (non-hydrogen) atoms. The zero-order valence-electron chi connectivity index (χ0n) is 12.7. The van der Waals surface area contributed by atoms with Crippen LogP contribution in [0.25, 0.3) is 0 Å². The quantitative estimate of drug-likeness (QED) is 0.776. The molecule has 1 aromatic rings. The third-order valence-electron chi connectivity index (χ3n) is 3.89. The van der Waals surface area contributed by atoms with Gasteiger partial charge in [-0.3, -0.25) is 4.79 Å². The highest BCUT2D eigenvalue weighted by Gasteiger charge is 2.27. The average Bonchev–Trinajstić information content (AvgIpc) is 2.53. The lowest BCUT2D eigenvalue weighted by atomic mass is 9.89. The molecule has 1 unspecified atom stereocenters. The molecular formula is C17H24O3. The average molecular weight is 276 g/mol. The number of benzene rings is 1. The van der Waals surface area contributed by atoms with Gasteiger partial charge in [0.2, 0.25) is 0 Å². The molecule has 1 aliphatic heterocycles. The molecule has 3 nitrogen and oxygen atoms in total. The summed E-state index contributed by atoms with van der Waals surface area (Å²) < 4.78 is 10.9. The SMILES string of the molecule is CCc1cc(CC)c(C(=O)C2COCCO2)c(CC)c1. The van der Waals surface area contributed by atoms with Crippen LogP contribution < -0.4 is 0 Å². The second-order valence-corrected chi connectivity index (χ2v) is 5.15. The van der Waals surface area contributed by atoms with Gasteiger partial charge in [-0.25, -0.2) is 0 Å². The van der Waals surface area contributed by atoms with Gasteiger partial charge < -0.3 is 9.47 Å². The molecule has 0 spiro atoms. The summed E-state index contributed by atoms with van der Waals surface area (Å²) in [5.41, 5.74) is 4.44. The van der Waals surface area contributed by atoms with E-state index in [1.54, 1.807) is 0 Å². The van der Waals surface area contributed by atoms with Crippen molar-refractivity contribution in [2.45, 2.75) is 46.1 Å². The minimum absolute atomic E-state index is 0.0843. The fourth-order valence-electron chi connectivity index (χ4n) is 2.72. The lowest BCUT2D eigenvalue weighted by Gasteiger charge is -2.24. The first kappa shape index (κ1) is 15.2. The molecule has 0 amide bonds. The molecule has 2 rings (SSSR count). The van der Waals surface area contributed by atoms with Crippen LogP contribution in [0.2, 0.25) is 0 Å². The Balaban J connectivity index is 2.39. The Morgan fingerprint density at radius 2 is 1.75 bits per heavy atom. The standard InChI is InChI=1S/C17H24O3/c1-4-12-9-13(5-2)16(14(6-3)10-12)17(18)15-11-19-7-8-20-15/h9-10,15H,4-8,11H2,1-3H3. The summed E-state index contributed by atoms with van der Waals surface area (Å²) in [5.74, 6) is 0.0843. The summed E-state index contributed by atoms with van der Waals surface area (Å²) in [6, 6.07) is 4.33. The van der Waals surface area contributed by atoms with E-state index in [0.29, 0.717) is 19.8 Å². The van der Waals surface area contributed by atoms with Crippen LogP contribution in [0.4, 0.5) is 0 Å². The van der Waals surface area contributed by atoms with E-state index in [1.807, 2.05) is 0 Å². The van der Waals surface area contributed by atoms with Crippen molar-refractivity contribution in [2.75, 3.05) is 19.8 Å². The third kappa shape index (κ3) is 3.10. The second kappa shape index (κ2) is 7.00. The van der Waals surface area contributed by atoms with Crippen molar-refractivity contribution in [3.8, 4) is 0 Å². The molecule has 1 fully saturated rings. The lowest BCUT2D eigenvalue weighted by molar-refractivity contribution is -0.0719. The van der Waals surface area contributed by atoms with Crippen molar-refractivity contribution < 1.29 is 14.3 Å². The van der Waals surface area contributed by atoms with Crippen LogP contribution in [0.3, 0.4) is 0 Å². The van der Waals surface area contributed by atoms with Gasteiger partial charge in [0, 0.05) is 5.56 Å². The summed E-state index contributed by atoms with van der Waals surface area (Å²) in [5, 5.41) is 0. The van der Waals surface area contributed by atoms with E-state index in [1.165, 1.54) is 5.56 Å². The molecular weight excluding hydrogens is 252 g/mol. The number of carbonyl (C=O) groups excluding carboxylic acids is 1. The number of ketones is 1. The maximum atomic E-state index is 12.8. The van der Waals surface area contributed by atoms with E-state index >= 15 is 0 Å². The van der Waals surface area contributed by atoms with E-state index in [2.05, 4.69) is 32.9 Å². The normalized spacial score (nSPS) is 19.1. The third-order valence-corrected chi connectivity index (χ3v) is 3.89. The molecule has 1 saturated heterocycles. The Morgan fingerprint density at radius 3 is 2.20 bits per heavy atom. The van der Waals surface area contributed by atoms with Gasteiger partial charge in [-0.15, -0.1) is 0 Å². The van der Waals surface area contributed by atoms with Crippen molar-refractivity contribution in [2.24, 2.45) is 0 Å². The maximum absolute atomic E-state index is 12.8. The van der Waals surface area contributed by atoms with E-state index in [4.69, 9.17) is 9.47 Å². The fraction of sp³-hybridized carbons (Fsp3) is 0.588. The highest BCUT2D eigenvalue weighted by Crippen LogP contribution is 2.23. The smallest absolute Gasteiger partial charge is 0.194 e. The molecule has 1 aromatic carbocycles. The molecule has 1 atom stereocenters. The zero-order valence-corrected chi connectivity index (χ0v) is 12.7. The molecule has 0 bridgehead atoms. The number of hydrogen-bond donors (Lipinski definition) is 0. The maximum Gasteiger partial charge on any atom is 0.194 e. The first-order valence-electron chi connectivity index (χ1n) is 7.59. The van der Waals surface area contributed by atoms with Crippen molar-refractivity contribution >= 4 is 5.78 Å². The summed E-state index contributed by atoms with van der Waals surface area (Å²) >= 11 is 0. The van der Waals surface area contributed by atoms with Crippen LogP contribution in [0.5, 0.6) is 0 Å². The zero-order chi connectivity index (χ0) is 14.5. The summed E-state index contributed by atoms with van der Waals surface area (Å²) in [7, 11) is 0. The Morgan fingerprint density at radius 1 is 1.10 bits per heavy atom. The van der Waals surface area contributed by atoms with Crippen LogP contribution in [0.15, 0.2) is 12.1 Å². The molecule has 0 aromatic heterocycles. The number of rotatable bonds is 5. The number of aryl methyl sites for hydroxylation is 3. The van der Waals surface area contributed by atoms with Crippen LogP contribution in [0.1, 0.15) is 47.8 Å². The van der Waals surface area contributed by atoms with Crippen molar-refractivity contribution in [3.63, 3.8) is 0 Å². The first-order valence-corrected chi connectivity index (χ1v) is 7.59. The predicted molar refractivity (Wildman–Crippen MR) is 79.5 cm³/mol.